The third kappa shape index (κ3) is 5.31. The zero-order valence-electron chi connectivity index (χ0n) is 20.3. The molecule has 8 heteroatoms. The van der Waals surface area contributed by atoms with Crippen LogP contribution in [0.15, 0.2) is 48.5 Å². The van der Waals surface area contributed by atoms with E-state index in [1.807, 2.05) is 60.4 Å². The Morgan fingerprint density at radius 2 is 1.94 bits per heavy atom. The molecule has 0 aliphatic carbocycles. The number of nitrogen functional groups attached to an aromatic ring is 1. The van der Waals surface area contributed by atoms with Crippen LogP contribution in [0.25, 0.3) is 10.9 Å². The van der Waals surface area contributed by atoms with Crippen LogP contribution in [-0.2, 0) is 17.8 Å². The van der Waals surface area contributed by atoms with E-state index in [0.29, 0.717) is 36.7 Å². The summed E-state index contributed by atoms with van der Waals surface area (Å²) in [6.45, 7) is 6.09. The third-order valence-corrected chi connectivity index (χ3v) is 6.77. The average Bonchev–Trinajstić information content (AvgIpc) is 3.19. The Bertz CT molecular complexity index is 1250. The molecule has 8 nitrogen and oxygen atoms in total. The van der Waals surface area contributed by atoms with Crippen LogP contribution in [0.4, 0.5) is 0 Å². The van der Waals surface area contributed by atoms with E-state index >= 15 is 0 Å². The van der Waals surface area contributed by atoms with Gasteiger partial charge in [0.15, 0.2) is 0 Å². The zero-order chi connectivity index (χ0) is 25.1. The Morgan fingerprint density at radius 3 is 2.57 bits per heavy atom. The lowest BCUT2D eigenvalue weighted by atomic mass is 9.94. The van der Waals surface area contributed by atoms with Gasteiger partial charge in [-0.05, 0) is 61.9 Å². The molecule has 2 atom stereocenters. The monoisotopic (exact) mass is 475 g/mol. The van der Waals surface area contributed by atoms with E-state index in [-0.39, 0.29) is 11.9 Å². The lowest BCUT2D eigenvalue weighted by Crippen LogP contribution is -2.43. The lowest BCUT2D eigenvalue weighted by molar-refractivity contribution is -0.138. The summed E-state index contributed by atoms with van der Waals surface area (Å²) in [5, 5.41) is 26.6. The predicted octanol–water partition coefficient (Wildman–Crippen LogP) is 4.20. The smallest absolute Gasteiger partial charge is 0.311 e. The second-order valence-electron chi connectivity index (χ2n) is 9.14. The van der Waals surface area contributed by atoms with Crippen LogP contribution in [0, 0.1) is 10.8 Å². The number of rotatable bonds is 8. The highest BCUT2D eigenvalue weighted by molar-refractivity contribution is 5.98. The summed E-state index contributed by atoms with van der Waals surface area (Å²) in [6.07, 6.45) is 2.30. The number of carboxylic acid groups (broad SMARTS) is 1. The van der Waals surface area contributed by atoms with E-state index in [0.717, 1.165) is 41.5 Å². The Morgan fingerprint density at radius 1 is 1.20 bits per heavy atom. The largest absolute Gasteiger partial charge is 0.489 e. The zero-order valence-corrected chi connectivity index (χ0v) is 20.3. The van der Waals surface area contributed by atoms with Crippen LogP contribution >= 0.6 is 0 Å². The fourth-order valence-corrected chi connectivity index (χ4v) is 4.89. The number of nitrogens with two attached hydrogens (primary N) is 1. The van der Waals surface area contributed by atoms with Crippen molar-refractivity contribution in [3.63, 3.8) is 0 Å². The average molecular weight is 476 g/mol. The van der Waals surface area contributed by atoms with Gasteiger partial charge < -0.3 is 25.0 Å². The molecule has 1 fully saturated rings. The van der Waals surface area contributed by atoms with Crippen molar-refractivity contribution < 1.29 is 14.6 Å². The van der Waals surface area contributed by atoms with Crippen LogP contribution in [0.2, 0.25) is 0 Å². The maximum Gasteiger partial charge on any atom is 0.311 e. The number of aliphatic carboxylic acids is 1. The van der Waals surface area contributed by atoms with Crippen LogP contribution < -0.4 is 10.5 Å². The van der Waals surface area contributed by atoms with Crippen LogP contribution in [-0.4, -0.2) is 51.4 Å². The minimum atomic E-state index is -0.875. The van der Waals surface area contributed by atoms with Crippen molar-refractivity contribution in [3.05, 3.63) is 65.4 Å². The molecule has 0 radical (unpaired) electrons. The Balaban J connectivity index is 1.53. The molecule has 1 unspecified atom stereocenters. The van der Waals surface area contributed by atoms with Gasteiger partial charge in [0.05, 0.1) is 18.3 Å². The van der Waals surface area contributed by atoms with Gasteiger partial charge in [-0.3, -0.25) is 15.6 Å². The van der Waals surface area contributed by atoms with Gasteiger partial charge in [0, 0.05) is 36.3 Å². The number of hydrogen-bond donors (Lipinski definition) is 4. The number of carbonyl (C=O) groups is 1. The standard InChI is InChI=1S/C27H33N5O3/c1-3-32-21(13-19-6-7-20(26(29)30)14-25(19)32)15-24(27(33)34)18-8-10-22(11-9-18)35-23-5-4-12-31(16-23)17(2)28/h6-11,13-14,23-24,28H,3-5,12,15-16H2,1-2H3,(H3,29,30)(H,33,34)/t23-,24?/m0/s1. The maximum absolute atomic E-state index is 12.3. The lowest BCUT2D eigenvalue weighted by Gasteiger charge is -2.33. The number of piperidine rings is 1. The molecule has 1 saturated heterocycles. The van der Waals surface area contributed by atoms with Gasteiger partial charge in [-0.25, -0.2) is 0 Å². The second kappa shape index (κ2) is 10.2. The van der Waals surface area contributed by atoms with Crippen molar-refractivity contribution in [3.8, 4) is 5.75 Å². The van der Waals surface area contributed by atoms with Gasteiger partial charge in [0.1, 0.15) is 17.7 Å². The summed E-state index contributed by atoms with van der Waals surface area (Å²) in [5.41, 5.74) is 8.92. The molecule has 3 aromatic rings. The van der Waals surface area contributed by atoms with E-state index in [1.54, 1.807) is 6.92 Å². The van der Waals surface area contributed by atoms with E-state index in [4.69, 9.17) is 21.3 Å². The third-order valence-electron chi connectivity index (χ3n) is 6.77. The number of carboxylic acids is 1. The summed E-state index contributed by atoms with van der Waals surface area (Å²) >= 11 is 0. The highest BCUT2D eigenvalue weighted by Gasteiger charge is 2.24. The van der Waals surface area contributed by atoms with Gasteiger partial charge in [-0.2, -0.15) is 0 Å². The molecule has 1 aromatic heterocycles. The van der Waals surface area contributed by atoms with Crippen molar-refractivity contribution in [2.45, 2.75) is 51.7 Å². The molecule has 2 aromatic carbocycles. The number of ether oxygens (including phenoxy) is 1. The summed E-state index contributed by atoms with van der Waals surface area (Å²) in [6, 6.07) is 15.0. The van der Waals surface area contributed by atoms with E-state index in [1.165, 1.54) is 0 Å². The molecular weight excluding hydrogens is 442 g/mol. The summed E-state index contributed by atoms with van der Waals surface area (Å²) < 4.78 is 8.23. The predicted molar refractivity (Wildman–Crippen MR) is 138 cm³/mol. The maximum atomic E-state index is 12.3. The normalized spacial score (nSPS) is 16.7. The van der Waals surface area contributed by atoms with Gasteiger partial charge in [-0.1, -0.05) is 24.3 Å². The van der Waals surface area contributed by atoms with Crippen molar-refractivity contribution >= 4 is 28.5 Å². The van der Waals surface area contributed by atoms with Crippen LogP contribution in [0.5, 0.6) is 5.75 Å². The first-order valence-electron chi connectivity index (χ1n) is 12.0. The van der Waals surface area contributed by atoms with Gasteiger partial charge in [0.25, 0.3) is 0 Å². The summed E-state index contributed by atoms with van der Waals surface area (Å²) in [7, 11) is 0. The Labute approximate surface area is 205 Å². The minimum absolute atomic E-state index is 0.0110. The van der Waals surface area contributed by atoms with Crippen molar-refractivity contribution in [1.29, 1.82) is 10.8 Å². The van der Waals surface area contributed by atoms with E-state index < -0.39 is 11.9 Å². The number of aryl methyl sites for hydroxylation is 1. The Kier molecular flexibility index (Phi) is 7.10. The molecule has 1 aliphatic rings. The first-order valence-corrected chi connectivity index (χ1v) is 12.0. The van der Waals surface area contributed by atoms with Crippen molar-refractivity contribution in [2.75, 3.05) is 13.1 Å². The molecule has 1 aliphatic heterocycles. The van der Waals surface area contributed by atoms with Crippen molar-refractivity contribution in [2.24, 2.45) is 5.73 Å². The fourth-order valence-electron chi connectivity index (χ4n) is 4.89. The molecular formula is C27H33N5O3. The number of amidine groups is 2. The molecule has 0 amide bonds. The number of benzene rings is 2. The quantitative estimate of drug-likeness (QED) is 0.287. The molecule has 184 valence electrons. The Hall–Kier alpha value is -3.81. The van der Waals surface area contributed by atoms with Gasteiger partial charge in [-0.15, -0.1) is 0 Å². The molecule has 0 saturated carbocycles. The first kappa shape index (κ1) is 24.3. The SMILES string of the molecule is CCn1c(CC(C(=O)O)c2ccc(O[C@H]3CCCN(C(C)=N)C3)cc2)cc2ccc(C(=N)N)cc21. The van der Waals surface area contributed by atoms with Crippen molar-refractivity contribution in [1.82, 2.24) is 9.47 Å². The van der Waals surface area contributed by atoms with Crippen LogP contribution in [0.3, 0.4) is 0 Å². The number of likely N-dealkylation sites (tertiary alicyclic amines) is 1. The minimum Gasteiger partial charge on any atom is -0.489 e. The van der Waals surface area contributed by atoms with Gasteiger partial charge >= 0.3 is 5.97 Å². The number of aromatic nitrogens is 1. The highest BCUT2D eigenvalue weighted by atomic mass is 16.5. The topological polar surface area (TPSA) is 128 Å². The summed E-state index contributed by atoms with van der Waals surface area (Å²) in [4.78, 5) is 14.3. The van der Waals surface area contributed by atoms with E-state index in [2.05, 4.69) is 4.57 Å². The first-order chi connectivity index (χ1) is 16.8. The number of hydrogen-bond acceptors (Lipinski definition) is 4. The number of nitrogens with one attached hydrogen (secondary N) is 2. The number of fused-ring (bicyclic) bond motifs is 1. The molecule has 4 rings (SSSR count). The summed E-state index contributed by atoms with van der Waals surface area (Å²) in [5.74, 6) is -0.291. The molecule has 5 N–H and O–H groups in total. The molecule has 35 heavy (non-hydrogen) atoms. The van der Waals surface area contributed by atoms with E-state index in [9.17, 15) is 9.90 Å². The second-order valence-corrected chi connectivity index (χ2v) is 9.14. The molecule has 0 bridgehead atoms. The van der Waals surface area contributed by atoms with Crippen LogP contribution in [0.1, 0.15) is 49.4 Å². The highest BCUT2D eigenvalue weighted by Crippen LogP contribution is 2.29. The number of nitrogens with zero attached hydrogens (tertiary/aromatic N) is 2. The molecule has 0 spiro atoms. The molecule has 2 heterocycles. The fraction of sp³-hybridized carbons (Fsp3) is 0.370. The van der Waals surface area contributed by atoms with Gasteiger partial charge in [0.2, 0.25) is 0 Å².